The van der Waals surface area contributed by atoms with Gasteiger partial charge < -0.3 is 15.1 Å². The highest BCUT2D eigenvalue weighted by Gasteiger charge is 2.20. The minimum atomic E-state index is -0.468. The van der Waals surface area contributed by atoms with Gasteiger partial charge in [-0.1, -0.05) is 11.8 Å². The van der Waals surface area contributed by atoms with Gasteiger partial charge >= 0.3 is 0 Å². The smallest absolute Gasteiger partial charge is 0.284 e. The molecule has 32 heavy (non-hydrogen) atoms. The lowest BCUT2D eigenvalue weighted by molar-refractivity contribution is -0.387. The third kappa shape index (κ3) is 5.26. The molecule has 1 aromatic heterocycles. The van der Waals surface area contributed by atoms with Gasteiger partial charge in [0.15, 0.2) is 4.34 Å². The summed E-state index contributed by atoms with van der Waals surface area (Å²) in [7, 11) is 2.12. The van der Waals surface area contributed by atoms with E-state index in [1.807, 2.05) is 36.6 Å². The first-order valence-corrected chi connectivity index (χ1v) is 11.8. The van der Waals surface area contributed by atoms with Crippen molar-refractivity contribution in [1.29, 1.82) is 0 Å². The largest absolute Gasteiger partial charge is 0.369 e. The normalized spacial score (nSPS) is 14.4. The number of aryl methyl sites for hydroxylation is 1. The third-order valence-corrected chi connectivity index (χ3v) is 7.33. The summed E-state index contributed by atoms with van der Waals surface area (Å²) < 4.78 is 0.725. The number of nitro groups is 1. The highest BCUT2D eigenvalue weighted by Crippen LogP contribution is 2.37. The van der Waals surface area contributed by atoms with Crippen LogP contribution < -0.4 is 10.2 Å². The number of hydrogen-bond donors (Lipinski definition) is 1. The van der Waals surface area contributed by atoms with E-state index in [0.29, 0.717) is 10.6 Å². The SMILES string of the molecule is Cc1csc(Sc2ccc(C(=O)Nc3ccc(N4CCN(C)CC4)cc3)cc2[N+](=O)[O-])n1. The van der Waals surface area contributed by atoms with Gasteiger partial charge in [0, 0.05) is 60.3 Å². The molecule has 1 amide bonds. The van der Waals surface area contributed by atoms with E-state index >= 15 is 0 Å². The number of likely N-dealkylation sites (N-methyl/N-ethyl adjacent to an activating group) is 1. The number of thiazole rings is 1. The molecule has 1 aliphatic rings. The molecule has 0 saturated carbocycles. The summed E-state index contributed by atoms with van der Waals surface area (Å²) in [5, 5.41) is 16.3. The summed E-state index contributed by atoms with van der Waals surface area (Å²) in [6.07, 6.45) is 0. The van der Waals surface area contributed by atoms with Crippen molar-refractivity contribution < 1.29 is 9.72 Å². The molecule has 0 aliphatic carbocycles. The summed E-state index contributed by atoms with van der Waals surface area (Å²) in [6, 6.07) is 12.2. The maximum Gasteiger partial charge on any atom is 0.284 e. The number of anilines is 2. The van der Waals surface area contributed by atoms with Crippen LogP contribution in [0.1, 0.15) is 16.1 Å². The highest BCUT2D eigenvalue weighted by atomic mass is 32.2. The van der Waals surface area contributed by atoms with Gasteiger partial charge in [0.05, 0.1) is 9.82 Å². The van der Waals surface area contributed by atoms with Crippen LogP contribution in [0, 0.1) is 17.0 Å². The predicted octanol–water partition coefficient (Wildman–Crippen LogP) is 4.52. The molecule has 0 bridgehead atoms. The van der Waals surface area contributed by atoms with Gasteiger partial charge in [0.2, 0.25) is 0 Å². The molecule has 1 fully saturated rings. The quantitative estimate of drug-likeness (QED) is 0.419. The minimum Gasteiger partial charge on any atom is -0.369 e. The Hall–Kier alpha value is -2.95. The van der Waals surface area contributed by atoms with Crippen LogP contribution in [-0.4, -0.2) is 53.9 Å². The van der Waals surface area contributed by atoms with Crippen LogP contribution in [0.5, 0.6) is 0 Å². The van der Waals surface area contributed by atoms with E-state index in [1.54, 1.807) is 12.1 Å². The Morgan fingerprint density at radius 3 is 2.50 bits per heavy atom. The molecule has 0 spiro atoms. The van der Waals surface area contributed by atoms with E-state index < -0.39 is 4.92 Å². The average molecular weight is 470 g/mol. The van der Waals surface area contributed by atoms with E-state index in [1.165, 1.54) is 29.2 Å². The lowest BCUT2D eigenvalue weighted by atomic mass is 10.1. The van der Waals surface area contributed by atoms with Gasteiger partial charge in [-0.25, -0.2) is 4.98 Å². The number of aromatic nitrogens is 1. The number of carbonyl (C=O) groups excluding carboxylic acids is 1. The maximum atomic E-state index is 12.7. The fourth-order valence-corrected chi connectivity index (χ4v) is 5.26. The van der Waals surface area contributed by atoms with E-state index in [9.17, 15) is 14.9 Å². The van der Waals surface area contributed by atoms with Crippen molar-refractivity contribution in [2.24, 2.45) is 0 Å². The van der Waals surface area contributed by atoms with Crippen LogP contribution in [-0.2, 0) is 0 Å². The number of rotatable bonds is 6. The number of nitrogens with zero attached hydrogens (tertiary/aromatic N) is 4. The number of carbonyl (C=O) groups is 1. The van der Waals surface area contributed by atoms with Crippen LogP contribution in [0.15, 0.2) is 57.1 Å². The molecule has 3 aromatic rings. The van der Waals surface area contributed by atoms with Gasteiger partial charge in [0.25, 0.3) is 11.6 Å². The summed E-state index contributed by atoms with van der Waals surface area (Å²) >= 11 is 2.66. The Labute approximate surface area is 194 Å². The molecule has 0 radical (unpaired) electrons. The van der Waals surface area contributed by atoms with Gasteiger partial charge in [0.1, 0.15) is 0 Å². The van der Waals surface area contributed by atoms with Crippen molar-refractivity contribution in [3.63, 3.8) is 0 Å². The highest BCUT2D eigenvalue weighted by molar-refractivity contribution is 8.01. The topological polar surface area (TPSA) is 91.6 Å². The third-order valence-electron chi connectivity index (χ3n) is 5.21. The van der Waals surface area contributed by atoms with Crippen LogP contribution >= 0.6 is 23.1 Å². The second kappa shape index (κ2) is 9.68. The van der Waals surface area contributed by atoms with E-state index in [0.717, 1.165) is 41.9 Å². The molecule has 10 heteroatoms. The summed E-state index contributed by atoms with van der Waals surface area (Å²) in [6.45, 7) is 5.86. The van der Waals surface area contributed by atoms with Crippen LogP contribution in [0.3, 0.4) is 0 Å². The Morgan fingerprint density at radius 2 is 1.88 bits per heavy atom. The van der Waals surface area contributed by atoms with Crippen molar-refractivity contribution >= 4 is 46.1 Å². The molecular formula is C22H23N5O3S2. The summed E-state index contributed by atoms with van der Waals surface area (Å²) in [5.41, 5.74) is 2.76. The molecule has 2 heterocycles. The van der Waals surface area contributed by atoms with Crippen LogP contribution in [0.2, 0.25) is 0 Å². The molecule has 1 N–H and O–H groups in total. The Balaban J connectivity index is 1.45. The fraction of sp³-hybridized carbons (Fsp3) is 0.273. The zero-order valence-corrected chi connectivity index (χ0v) is 19.4. The number of nitrogens with one attached hydrogen (secondary N) is 1. The molecule has 4 rings (SSSR count). The predicted molar refractivity (Wildman–Crippen MR) is 128 cm³/mol. The molecule has 0 atom stereocenters. The number of nitro benzene ring substituents is 1. The standard InChI is InChI=1S/C22H23N5O3S2/c1-15-14-31-22(23-15)32-20-8-3-16(13-19(20)27(29)30)21(28)24-17-4-6-18(7-5-17)26-11-9-25(2)10-12-26/h3-8,13-14H,9-12H2,1-2H3,(H,24,28). The first-order valence-electron chi connectivity index (χ1n) is 10.1. The van der Waals surface area contributed by atoms with Gasteiger partial charge in [-0.15, -0.1) is 11.3 Å². The van der Waals surface area contributed by atoms with Crippen LogP contribution in [0.4, 0.5) is 17.1 Å². The van der Waals surface area contributed by atoms with Crippen molar-refractivity contribution in [3.05, 3.63) is 69.2 Å². The Bertz CT molecular complexity index is 1120. The molecule has 166 valence electrons. The molecule has 0 unspecified atom stereocenters. The minimum absolute atomic E-state index is 0.110. The zero-order valence-electron chi connectivity index (χ0n) is 17.8. The monoisotopic (exact) mass is 469 g/mol. The van der Waals surface area contributed by atoms with Gasteiger partial charge in [-0.05, 0) is 50.4 Å². The van der Waals surface area contributed by atoms with Crippen molar-refractivity contribution in [3.8, 4) is 0 Å². The Morgan fingerprint density at radius 1 is 1.16 bits per heavy atom. The summed E-state index contributed by atoms with van der Waals surface area (Å²) in [4.78, 5) is 33.3. The first kappa shape index (κ1) is 22.3. The lowest BCUT2D eigenvalue weighted by Gasteiger charge is -2.34. The second-order valence-corrected chi connectivity index (χ2v) is 9.73. The molecule has 1 saturated heterocycles. The number of benzene rings is 2. The first-order chi connectivity index (χ1) is 15.4. The lowest BCUT2D eigenvalue weighted by Crippen LogP contribution is -2.44. The zero-order chi connectivity index (χ0) is 22.7. The van der Waals surface area contributed by atoms with Gasteiger partial charge in [-0.3, -0.25) is 14.9 Å². The number of amides is 1. The Kier molecular flexibility index (Phi) is 6.73. The second-order valence-electron chi connectivity index (χ2n) is 7.59. The van der Waals surface area contributed by atoms with Crippen molar-refractivity contribution in [2.45, 2.75) is 16.2 Å². The fourth-order valence-electron chi connectivity index (χ4n) is 3.38. The summed E-state index contributed by atoms with van der Waals surface area (Å²) in [5.74, 6) is -0.387. The van der Waals surface area contributed by atoms with Crippen LogP contribution in [0.25, 0.3) is 0 Å². The molecule has 8 nitrogen and oxygen atoms in total. The van der Waals surface area contributed by atoms with Crippen molar-refractivity contribution in [2.75, 3.05) is 43.4 Å². The average Bonchev–Trinajstić information content (AvgIpc) is 3.19. The van der Waals surface area contributed by atoms with Gasteiger partial charge in [-0.2, -0.15) is 0 Å². The van der Waals surface area contributed by atoms with E-state index in [-0.39, 0.29) is 17.2 Å². The molecule has 2 aromatic carbocycles. The number of piperazine rings is 1. The van der Waals surface area contributed by atoms with E-state index in [2.05, 4.69) is 27.1 Å². The maximum absolute atomic E-state index is 12.7. The van der Waals surface area contributed by atoms with Crippen molar-refractivity contribution in [1.82, 2.24) is 9.88 Å². The molecular weight excluding hydrogens is 446 g/mol. The number of hydrogen-bond acceptors (Lipinski definition) is 8. The molecule has 1 aliphatic heterocycles. The van der Waals surface area contributed by atoms with E-state index in [4.69, 9.17) is 0 Å².